The maximum atomic E-state index is 9.49. The monoisotopic (exact) mass is 338 g/mol. The van der Waals surface area contributed by atoms with E-state index in [1.165, 1.54) is 0 Å². The van der Waals surface area contributed by atoms with E-state index in [0.717, 1.165) is 35.8 Å². The topological polar surface area (TPSA) is 78.2 Å². The van der Waals surface area contributed by atoms with Gasteiger partial charge in [0.2, 0.25) is 0 Å². The number of nitrogens with zero attached hydrogens (tertiary/aromatic N) is 6. The van der Waals surface area contributed by atoms with Crippen LogP contribution in [0.15, 0.2) is 18.3 Å². The number of pyridine rings is 1. The van der Waals surface area contributed by atoms with Crippen molar-refractivity contribution in [3.63, 3.8) is 0 Å². The Balaban J connectivity index is 1.78. The van der Waals surface area contributed by atoms with E-state index in [-0.39, 0.29) is 6.10 Å². The van der Waals surface area contributed by atoms with Gasteiger partial charge in [-0.3, -0.25) is 0 Å². The lowest BCUT2D eigenvalue weighted by Gasteiger charge is -2.21. The van der Waals surface area contributed by atoms with Crippen LogP contribution in [-0.2, 0) is 0 Å². The van der Waals surface area contributed by atoms with Gasteiger partial charge in [-0.1, -0.05) is 0 Å². The standard InChI is InChI=1S/C18H22N6O/c1-12-13(2)21-22-17(15(12)10-19)24-9-7-14(11-24)25-16-6-5-8-20-18(16)23(3)4/h5-6,8,14H,7,9,11H2,1-4H3/t14-/m0/s1. The number of aromatic nitrogens is 3. The third-order valence-electron chi connectivity index (χ3n) is 4.46. The summed E-state index contributed by atoms with van der Waals surface area (Å²) < 4.78 is 6.17. The molecule has 1 saturated heterocycles. The summed E-state index contributed by atoms with van der Waals surface area (Å²) in [6.45, 7) is 5.24. The molecule has 130 valence electrons. The number of nitriles is 1. The molecule has 0 unspecified atom stereocenters. The number of ether oxygens (including phenoxy) is 1. The van der Waals surface area contributed by atoms with Gasteiger partial charge in [0.15, 0.2) is 17.4 Å². The largest absolute Gasteiger partial charge is 0.485 e. The maximum absolute atomic E-state index is 9.49. The fourth-order valence-corrected chi connectivity index (χ4v) is 2.96. The molecule has 0 spiro atoms. The summed E-state index contributed by atoms with van der Waals surface area (Å²) in [6, 6.07) is 6.07. The second kappa shape index (κ2) is 6.93. The quantitative estimate of drug-likeness (QED) is 0.844. The zero-order valence-corrected chi connectivity index (χ0v) is 15.0. The Bertz CT molecular complexity index is 814. The molecule has 0 saturated carbocycles. The Labute approximate surface area is 147 Å². The maximum Gasteiger partial charge on any atom is 0.170 e. The Morgan fingerprint density at radius 2 is 2.12 bits per heavy atom. The van der Waals surface area contributed by atoms with Crippen LogP contribution in [0.5, 0.6) is 5.75 Å². The van der Waals surface area contributed by atoms with Crippen molar-refractivity contribution in [2.75, 3.05) is 37.0 Å². The van der Waals surface area contributed by atoms with Gasteiger partial charge in [0, 0.05) is 33.3 Å². The first kappa shape index (κ1) is 17.0. The van der Waals surface area contributed by atoms with Crippen LogP contribution in [0.1, 0.15) is 23.2 Å². The highest BCUT2D eigenvalue weighted by Crippen LogP contribution is 2.29. The molecule has 2 aromatic heterocycles. The Morgan fingerprint density at radius 1 is 1.32 bits per heavy atom. The van der Waals surface area contributed by atoms with Crippen molar-refractivity contribution in [1.29, 1.82) is 5.26 Å². The van der Waals surface area contributed by atoms with Crippen LogP contribution in [0.4, 0.5) is 11.6 Å². The van der Waals surface area contributed by atoms with Crippen LogP contribution in [-0.4, -0.2) is 48.5 Å². The van der Waals surface area contributed by atoms with Crippen LogP contribution in [0.3, 0.4) is 0 Å². The van der Waals surface area contributed by atoms with Gasteiger partial charge in [0.05, 0.1) is 12.2 Å². The minimum absolute atomic E-state index is 0.0258. The van der Waals surface area contributed by atoms with Crippen molar-refractivity contribution in [2.45, 2.75) is 26.4 Å². The molecule has 1 aliphatic rings. The first-order valence-corrected chi connectivity index (χ1v) is 8.29. The molecule has 7 heteroatoms. The molecule has 0 bridgehead atoms. The molecule has 0 radical (unpaired) electrons. The smallest absolute Gasteiger partial charge is 0.170 e. The predicted octanol–water partition coefficient (Wildman–Crippen LogP) is 2.08. The number of rotatable bonds is 4. The molecule has 0 amide bonds. The van der Waals surface area contributed by atoms with Crippen molar-refractivity contribution in [1.82, 2.24) is 15.2 Å². The Kier molecular flexibility index (Phi) is 4.70. The number of aryl methyl sites for hydroxylation is 1. The van der Waals surface area contributed by atoms with Crippen LogP contribution < -0.4 is 14.5 Å². The molecule has 3 rings (SSSR count). The summed E-state index contributed by atoms with van der Waals surface area (Å²) >= 11 is 0. The van der Waals surface area contributed by atoms with E-state index < -0.39 is 0 Å². The average molecular weight is 338 g/mol. The Morgan fingerprint density at radius 3 is 2.84 bits per heavy atom. The third kappa shape index (κ3) is 3.33. The number of hydrogen-bond acceptors (Lipinski definition) is 7. The molecule has 0 N–H and O–H groups in total. The van der Waals surface area contributed by atoms with E-state index in [9.17, 15) is 5.26 Å². The molecular formula is C18H22N6O. The molecule has 3 heterocycles. The highest BCUT2D eigenvalue weighted by molar-refractivity contribution is 5.58. The van der Waals surface area contributed by atoms with Gasteiger partial charge in [0.1, 0.15) is 17.7 Å². The molecule has 0 aliphatic carbocycles. The average Bonchev–Trinajstić information content (AvgIpc) is 3.05. The summed E-state index contributed by atoms with van der Waals surface area (Å²) in [5, 5.41) is 17.9. The molecule has 2 aromatic rings. The third-order valence-corrected chi connectivity index (χ3v) is 4.46. The van der Waals surface area contributed by atoms with Gasteiger partial charge in [-0.15, -0.1) is 5.10 Å². The summed E-state index contributed by atoms with van der Waals surface area (Å²) in [5.74, 6) is 2.23. The van der Waals surface area contributed by atoms with Gasteiger partial charge in [-0.05, 0) is 31.5 Å². The second-order valence-electron chi connectivity index (χ2n) is 6.41. The fourth-order valence-electron chi connectivity index (χ4n) is 2.96. The van der Waals surface area contributed by atoms with Gasteiger partial charge in [-0.25, -0.2) is 4.98 Å². The summed E-state index contributed by atoms with van der Waals surface area (Å²) in [6.07, 6.45) is 2.65. The summed E-state index contributed by atoms with van der Waals surface area (Å²) in [7, 11) is 3.89. The predicted molar refractivity (Wildman–Crippen MR) is 96.0 cm³/mol. The van der Waals surface area contributed by atoms with Crippen LogP contribution in [0, 0.1) is 25.2 Å². The van der Waals surface area contributed by atoms with Crippen molar-refractivity contribution in [2.24, 2.45) is 0 Å². The van der Waals surface area contributed by atoms with Crippen molar-refractivity contribution in [3.05, 3.63) is 35.2 Å². The summed E-state index contributed by atoms with van der Waals surface area (Å²) in [5.41, 5.74) is 2.28. The first-order chi connectivity index (χ1) is 12.0. The van der Waals surface area contributed by atoms with E-state index in [2.05, 4.69) is 26.2 Å². The lowest BCUT2D eigenvalue weighted by Crippen LogP contribution is -2.27. The van der Waals surface area contributed by atoms with Crippen LogP contribution >= 0.6 is 0 Å². The molecule has 7 nitrogen and oxygen atoms in total. The highest BCUT2D eigenvalue weighted by atomic mass is 16.5. The molecule has 25 heavy (non-hydrogen) atoms. The van der Waals surface area contributed by atoms with Gasteiger partial charge in [-0.2, -0.15) is 10.4 Å². The van der Waals surface area contributed by atoms with E-state index in [0.29, 0.717) is 17.9 Å². The second-order valence-corrected chi connectivity index (χ2v) is 6.41. The molecular weight excluding hydrogens is 316 g/mol. The zero-order chi connectivity index (χ0) is 18.0. The first-order valence-electron chi connectivity index (χ1n) is 8.29. The lowest BCUT2D eigenvalue weighted by atomic mass is 10.1. The highest BCUT2D eigenvalue weighted by Gasteiger charge is 2.28. The molecule has 0 aromatic carbocycles. The minimum atomic E-state index is 0.0258. The fraction of sp³-hybridized carbons (Fsp3) is 0.444. The van der Waals surface area contributed by atoms with Crippen molar-refractivity contribution >= 4 is 11.6 Å². The van der Waals surface area contributed by atoms with Gasteiger partial charge < -0.3 is 14.5 Å². The molecule has 1 atom stereocenters. The zero-order valence-electron chi connectivity index (χ0n) is 15.0. The number of anilines is 2. The lowest BCUT2D eigenvalue weighted by molar-refractivity contribution is 0.225. The van der Waals surface area contributed by atoms with Gasteiger partial charge in [0.25, 0.3) is 0 Å². The Hall–Kier alpha value is -2.88. The van der Waals surface area contributed by atoms with Crippen LogP contribution in [0.2, 0.25) is 0 Å². The van der Waals surface area contributed by atoms with E-state index >= 15 is 0 Å². The van der Waals surface area contributed by atoms with Crippen molar-refractivity contribution in [3.8, 4) is 11.8 Å². The van der Waals surface area contributed by atoms with Crippen LogP contribution in [0.25, 0.3) is 0 Å². The SMILES string of the molecule is Cc1nnc(N2CC[C@H](Oc3cccnc3N(C)C)C2)c(C#N)c1C. The molecule has 1 aliphatic heterocycles. The normalized spacial score (nSPS) is 16.6. The van der Waals surface area contributed by atoms with E-state index in [1.54, 1.807) is 6.20 Å². The summed E-state index contributed by atoms with van der Waals surface area (Å²) in [4.78, 5) is 8.38. The van der Waals surface area contributed by atoms with E-state index in [4.69, 9.17) is 4.74 Å². The molecule has 1 fully saturated rings. The van der Waals surface area contributed by atoms with Gasteiger partial charge >= 0.3 is 0 Å². The van der Waals surface area contributed by atoms with Crippen molar-refractivity contribution < 1.29 is 4.74 Å². The number of hydrogen-bond donors (Lipinski definition) is 0. The van der Waals surface area contributed by atoms with E-state index in [1.807, 2.05) is 45.0 Å². The minimum Gasteiger partial charge on any atom is -0.485 e.